The van der Waals surface area contributed by atoms with E-state index in [4.69, 9.17) is 55.9 Å². The van der Waals surface area contributed by atoms with Crippen LogP contribution in [-0.2, 0) is 16.2 Å². The predicted octanol–water partition coefficient (Wildman–Crippen LogP) is 6.55. The molecule has 7 nitrogen and oxygen atoms in total. The third-order valence-electron chi connectivity index (χ3n) is 5.16. The number of barbiturate groups is 1. The molecule has 36 heavy (non-hydrogen) atoms. The Kier molecular flexibility index (Phi) is 7.76. The number of amides is 4. The van der Waals surface area contributed by atoms with Crippen LogP contribution >= 0.6 is 46.4 Å². The summed E-state index contributed by atoms with van der Waals surface area (Å²) in [6.45, 7) is 0.161. The third-order valence-corrected chi connectivity index (χ3v) is 6.49. The molecule has 0 aromatic heterocycles. The molecule has 1 aliphatic rings. The van der Waals surface area contributed by atoms with Gasteiger partial charge in [-0.15, -0.1) is 0 Å². The van der Waals surface area contributed by atoms with E-state index < -0.39 is 17.8 Å². The van der Waals surface area contributed by atoms with Gasteiger partial charge in [0.1, 0.15) is 12.2 Å². The molecule has 4 amide bonds. The van der Waals surface area contributed by atoms with Crippen molar-refractivity contribution in [3.8, 4) is 11.5 Å². The molecule has 1 fully saturated rings. The molecule has 3 aromatic rings. The van der Waals surface area contributed by atoms with Crippen LogP contribution in [0.2, 0.25) is 20.1 Å². The fraction of sp³-hybridized carbons (Fsp3) is 0.0800. The highest BCUT2D eigenvalue weighted by atomic mass is 35.5. The Labute approximate surface area is 226 Å². The van der Waals surface area contributed by atoms with Crippen molar-refractivity contribution in [3.05, 3.63) is 91.4 Å². The van der Waals surface area contributed by atoms with E-state index in [1.54, 1.807) is 36.4 Å². The van der Waals surface area contributed by atoms with Crippen LogP contribution in [0, 0.1) is 0 Å². The van der Waals surface area contributed by atoms with Gasteiger partial charge in [0.2, 0.25) is 0 Å². The quantitative estimate of drug-likeness (QED) is 0.270. The zero-order valence-corrected chi connectivity index (χ0v) is 21.5. The monoisotopic (exact) mass is 564 g/mol. The van der Waals surface area contributed by atoms with Gasteiger partial charge in [-0.05, 0) is 54.1 Å². The summed E-state index contributed by atoms with van der Waals surface area (Å²) >= 11 is 24.1. The average Bonchev–Trinajstić information content (AvgIpc) is 2.83. The van der Waals surface area contributed by atoms with E-state index in [9.17, 15) is 14.4 Å². The molecule has 1 heterocycles. The molecule has 184 valence electrons. The van der Waals surface area contributed by atoms with Gasteiger partial charge in [-0.3, -0.25) is 14.9 Å². The van der Waals surface area contributed by atoms with E-state index in [2.05, 4.69) is 5.32 Å². The summed E-state index contributed by atoms with van der Waals surface area (Å²) < 4.78 is 11.2. The van der Waals surface area contributed by atoms with Crippen LogP contribution in [-0.4, -0.2) is 25.0 Å². The van der Waals surface area contributed by atoms with Gasteiger partial charge >= 0.3 is 6.03 Å². The van der Waals surface area contributed by atoms with Gasteiger partial charge in [-0.25, -0.2) is 9.69 Å². The lowest BCUT2D eigenvalue weighted by molar-refractivity contribution is -0.122. The Hall–Kier alpha value is -3.23. The highest BCUT2D eigenvalue weighted by molar-refractivity contribution is 6.43. The molecular weight excluding hydrogens is 550 g/mol. The predicted molar refractivity (Wildman–Crippen MR) is 139 cm³/mol. The van der Waals surface area contributed by atoms with Gasteiger partial charge in [-0.1, -0.05) is 58.5 Å². The summed E-state index contributed by atoms with van der Waals surface area (Å²) in [5.74, 6) is -0.884. The third kappa shape index (κ3) is 5.44. The van der Waals surface area contributed by atoms with Crippen LogP contribution in [0.1, 0.15) is 11.1 Å². The van der Waals surface area contributed by atoms with Crippen LogP contribution in [0.5, 0.6) is 11.5 Å². The van der Waals surface area contributed by atoms with Crippen LogP contribution < -0.4 is 19.7 Å². The number of halogens is 4. The fourth-order valence-corrected chi connectivity index (χ4v) is 4.13. The van der Waals surface area contributed by atoms with E-state index in [-0.39, 0.29) is 27.9 Å². The van der Waals surface area contributed by atoms with Crippen molar-refractivity contribution < 1.29 is 23.9 Å². The second kappa shape index (κ2) is 10.8. The molecule has 0 radical (unpaired) electrons. The van der Waals surface area contributed by atoms with E-state index >= 15 is 0 Å². The maximum Gasteiger partial charge on any atom is 0.335 e. The summed E-state index contributed by atoms with van der Waals surface area (Å²) in [4.78, 5) is 38.8. The van der Waals surface area contributed by atoms with Crippen molar-refractivity contribution in [1.82, 2.24) is 5.32 Å². The molecule has 0 unspecified atom stereocenters. The average molecular weight is 566 g/mol. The van der Waals surface area contributed by atoms with E-state index in [1.165, 1.54) is 31.4 Å². The van der Waals surface area contributed by atoms with Crippen molar-refractivity contribution in [2.24, 2.45) is 0 Å². The molecule has 4 rings (SSSR count). The zero-order chi connectivity index (χ0) is 26.0. The number of benzene rings is 3. The van der Waals surface area contributed by atoms with Gasteiger partial charge < -0.3 is 9.47 Å². The number of rotatable bonds is 6. The number of imide groups is 2. The Morgan fingerprint density at radius 3 is 2.33 bits per heavy atom. The molecule has 1 N–H and O–H groups in total. The van der Waals surface area contributed by atoms with Crippen molar-refractivity contribution in [2.45, 2.75) is 6.61 Å². The number of carbonyl (C=O) groups is 3. The topological polar surface area (TPSA) is 84.9 Å². The van der Waals surface area contributed by atoms with Gasteiger partial charge in [0.25, 0.3) is 11.8 Å². The van der Waals surface area contributed by atoms with Gasteiger partial charge in [0.15, 0.2) is 11.5 Å². The summed E-state index contributed by atoms with van der Waals surface area (Å²) in [5.41, 5.74) is 1.09. The van der Waals surface area contributed by atoms with Crippen LogP contribution in [0.3, 0.4) is 0 Å². The number of hydrogen-bond donors (Lipinski definition) is 1. The molecule has 0 saturated carbocycles. The second-order valence-electron chi connectivity index (χ2n) is 7.49. The number of anilines is 1. The first-order chi connectivity index (χ1) is 17.2. The Bertz CT molecular complexity index is 1420. The minimum absolute atomic E-state index is 0.150. The maximum absolute atomic E-state index is 13.1. The van der Waals surface area contributed by atoms with Crippen LogP contribution in [0.25, 0.3) is 6.08 Å². The molecule has 3 aromatic carbocycles. The molecule has 0 spiro atoms. The molecule has 1 aliphatic heterocycles. The smallest absolute Gasteiger partial charge is 0.335 e. The summed E-state index contributed by atoms with van der Waals surface area (Å²) in [6.07, 6.45) is 1.34. The fourth-order valence-electron chi connectivity index (χ4n) is 3.37. The number of urea groups is 1. The minimum Gasteiger partial charge on any atom is -0.493 e. The highest BCUT2D eigenvalue weighted by Crippen LogP contribution is 2.32. The largest absolute Gasteiger partial charge is 0.493 e. The number of ether oxygens (including phenoxy) is 2. The first-order valence-corrected chi connectivity index (χ1v) is 11.8. The lowest BCUT2D eigenvalue weighted by Crippen LogP contribution is -2.54. The van der Waals surface area contributed by atoms with Gasteiger partial charge in [0, 0.05) is 15.6 Å². The number of nitrogens with one attached hydrogen (secondary N) is 1. The maximum atomic E-state index is 13.1. The normalized spacial score (nSPS) is 14.8. The molecule has 0 aliphatic carbocycles. The lowest BCUT2D eigenvalue weighted by Gasteiger charge is -2.26. The van der Waals surface area contributed by atoms with Gasteiger partial charge in [0.05, 0.1) is 22.8 Å². The SMILES string of the molecule is COc1cc(/C=C2\C(=O)NC(=O)N(c3ccc(Cl)c(Cl)c3)C2=O)ccc1OCc1ccc(Cl)cc1Cl. The Balaban J connectivity index is 1.60. The Morgan fingerprint density at radius 2 is 1.64 bits per heavy atom. The van der Waals surface area contributed by atoms with Gasteiger partial charge in [-0.2, -0.15) is 0 Å². The first-order valence-electron chi connectivity index (χ1n) is 10.3. The molecule has 0 atom stereocenters. The number of methoxy groups -OCH3 is 1. The molecular formula is C25H16Cl4N2O5. The summed E-state index contributed by atoms with van der Waals surface area (Å²) in [7, 11) is 1.46. The van der Waals surface area contributed by atoms with Crippen molar-refractivity contribution in [3.63, 3.8) is 0 Å². The Morgan fingerprint density at radius 1 is 0.861 bits per heavy atom. The molecule has 0 bridgehead atoms. The first kappa shape index (κ1) is 25.9. The van der Waals surface area contributed by atoms with Crippen LogP contribution in [0.15, 0.2) is 60.2 Å². The highest BCUT2D eigenvalue weighted by Gasteiger charge is 2.37. The lowest BCUT2D eigenvalue weighted by atomic mass is 10.1. The van der Waals surface area contributed by atoms with E-state index in [1.807, 2.05) is 0 Å². The van der Waals surface area contributed by atoms with Crippen molar-refractivity contribution >= 4 is 76.0 Å². The second-order valence-corrected chi connectivity index (χ2v) is 9.15. The van der Waals surface area contributed by atoms with E-state index in [0.29, 0.717) is 27.1 Å². The molecule has 1 saturated heterocycles. The standard InChI is InChI=1S/C25H16Cl4N2O5/c1-35-22-9-13(2-7-21(22)36-12-14-3-4-15(26)10-19(14)28)8-17-23(32)30-25(34)31(24(17)33)16-5-6-18(27)20(29)11-16/h2-11H,12H2,1H3,(H,30,32,34)/b17-8+. The summed E-state index contributed by atoms with van der Waals surface area (Å²) in [5, 5.41) is 3.54. The van der Waals surface area contributed by atoms with E-state index in [0.717, 1.165) is 10.5 Å². The number of nitrogens with zero attached hydrogens (tertiary/aromatic N) is 1. The summed E-state index contributed by atoms with van der Waals surface area (Å²) in [6, 6.07) is 13.3. The zero-order valence-electron chi connectivity index (χ0n) is 18.5. The van der Waals surface area contributed by atoms with Crippen LogP contribution in [0.4, 0.5) is 10.5 Å². The number of carbonyl (C=O) groups excluding carboxylic acids is 3. The van der Waals surface area contributed by atoms with Crippen molar-refractivity contribution in [2.75, 3.05) is 12.0 Å². The van der Waals surface area contributed by atoms with Crippen molar-refractivity contribution in [1.29, 1.82) is 0 Å². The molecule has 11 heteroatoms. The number of hydrogen-bond acceptors (Lipinski definition) is 5. The minimum atomic E-state index is -0.900.